The highest BCUT2D eigenvalue weighted by molar-refractivity contribution is 6.99. The molecule has 0 aliphatic heterocycles. The van der Waals surface area contributed by atoms with Crippen molar-refractivity contribution in [3.63, 3.8) is 0 Å². The fourth-order valence-corrected chi connectivity index (χ4v) is 7.68. The van der Waals surface area contributed by atoms with Gasteiger partial charge in [0.05, 0.1) is 0 Å². The van der Waals surface area contributed by atoms with Crippen molar-refractivity contribution in [3.05, 3.63) is 60.7 Å². The van der Waals surface area contributed by atoms with Crippen LogP contribution in [0, 0.1) is 0 Å². The van der Waals surface area contributed by atoms with Gasteiger partial charge in [0.15, 0.2) is 0 Å². The van der Waals surface area contributed by atoms with Gasteiger partial charge in [-0.25, -0.2) is 0 Å². The van der Waals surface area contributed by atoms with E-state index in [4.69, 9.17) is 10.2 Å². The van der Waals surface area contributed by atoms with Crippen molar-refractivity contribution in [2.45, 2.75) is 38.8 Å². The Morgan fingerprint density at radius 3 is 1.65 bits per heavy atom. The van der Waals surface area contributed by atoms with Gasteiger partial charge in [-0.1, -0.05) is 81.4 Å². The number of carbonyl (C=O) groups is 1. The predicted octanol–water partition coefficient (Wildman–Crippen LogP) is 2.44. The second kappa shape index (κ2) is 6.68. The van der Waals surface area contributed by atoms with Gasteiger partial charge in [-0.15, -0.1) is 0 Å². The molecule has 1 unspecified atom stereocenters. The number of primary amides is 1. The van der Waals surface area contributed by atoms with Crippen molar-refractivity contribution in [3.8, 4) is 0 Å². The molecule has 0 radical (unpaired) electrons. The molecule has 23 heavy (non-hydrogen) atoms. The Bertz CT molecular complexity index is 611. The van der Waals surface area contributed by atoms with E-state index in [1.165, 1.54) is 0 Å². The van der Waals surface area contributed by atoms with Crippen LogP contribution < -0.4 is 16.1 Å². The highest BCUT2D eigenvalue weighted by Crippen LogP contribution is 2.37. The fraction of sp³-hybridized carbons (Fsp3) is 0.316. The van der Waals surface area contributed by atoms with Crippen molar-refractivity contribution < 1.29 is 9.22 Å². The summed E-state index contributed by atoms with van der Waals surface area (Å²) in [7, 11) is -2.68. The van der Waals surface area contributed by atoms with Crippen molar-refractivity contribution in [1.29, 1.82) is 0 Å². The maximum atomic E-state index is 11.7. The van der Waals surface area contributed by atoms with Crippen LogP contribution in [0.15, 0.2) is 60.7 Å². The molecule has 0 saturated carbocycles. The highest BCUT2D eigenvalue weighted by atomic mass is 28.4. The summed E-state index contributed by atoms with van der Waals surface area (Å²) < 4.78 is 6.50. The lowest BCUT2D eigenvalue weighted by molar-refractivity contribution is -0.124. The first kappa shape index (κ1) is 17.4. The number of amides is 1. The Balaban J connectivity index is 2.72. The molecule has 0 spiro atoms. The number of hydrogen-bond donors (Lipinski definition) is 1. The zero-order valence-corrected chi connectivity index (χ0v) is 15.2. The van der Waals surface area contributed by atoms with E-state index in [1.54, 1.807) is 6.92 Å². The average molecular weight is 328 g/mol. The largest absolute Gasteiger partial charge is 0.396 e. The molecule has 0 aliphatic rings. The van der Waals surface area contributed by atoms with Gasteiger partial charge in [0.25, 0.3) is 8.32 Å². The Labute approximate surface area is 139 Å². The quantitative estimate of drug-likeness (QED) is 0.858. The van der Waals surface area contributed by atoms with E-state index in [2.05, 4.69) is 45.0 Å². The zero-order chi connectivity index (χ0) is 17.1. The van der Waals surface area contributed by atoms with Crippen LogP contribution in [0.5, 0.6) is 0 Å². The van der Waals surface area contributed by atoms with Crippen LogP contribution in [0.2, 0.25) is 5.04 Å². The zero-order valence-electron chi connectivity index (χ0n) is 14.2. The lowest BCUT2D eigenvalue weighted by Crippen LogP contribution is -2.68. The fourth-order valence-electron chi connectivity index (χ4n) is 3.01. The van der Waals surface area contributed by atoms with Gasteiger partial charge in [0.2, 0.25) is 5.91 Å². The molecular formula is C19H25NO2Si. The molecular weight excluding hydrogens is 302 g/mol. The predicted molar refractivity (Wildman–Crippen MR) is 97.4 cm³/mol. The van der Waals surface area contributed by atoms with E-state index < -0.39 is 20.3 Å². The Kier molecular flexibility index (Phi) is 5.07. The van der Waals surface area contributed by atoms with Crippen molar-refractivity contribution in [1.82, 2.24) is 0 Å². The first-order chi connectivity index (χ1) is 10.8. The maximum Gasteiger partial charge on any atom is 0.262 e. The first-order valence-electron chi connectivity index (χ1n) is 7.87. The summed E-state index contributed by atoms with van der Waals surface area (Å²) in [6.45, 7) is 8.26. The number of hydrogen-bond acceptors (Lipinski definition) is 2. The summed E-state index contributed by atoms with van der Waals surface area (Å²) in [5.74, 6) is -0.432. The molecule has 0 heterocycles. The van der Waals surface area contributed by atoms with Crippen LogP contribution in [0.4, 0.5) is 0 Å². The molecule has 1 amide bonds. The molecule has 0 aromatic heterocycles. The number of carbonyl (C=O) groups excluding carboxylic acids is 1. The Morgan fingerprint density at radius 2 is 1.35 bits per heavy atom. The maximum absolute atomic E-state index is 11.7. The Morgan fingerprint density at radius 1 is 0.957 bits per heavy atom. The van der Waals surface area contributed by atoms with Gasteiger partial charge < -0.3 is 10.2 Å². The molecule has 0 saturated heterocycles. The van der Waals surface area contributed by atoms with E-state index in [9.17, 15) is 4.79 Å². The molecule has 3 nitrogen and oxygen atoms in total. The van der Waals surface area contributed by atoms with E-state index in [1.807, 2.05) is 36.4 Å². The van der Waals surface area contributed by atoms with E-state index >= 15 is 0 Å². The molecule has 2 aromatic rings. The number of nitrogens with two attached hydrogens (primary N) is 1. The molecule has 122 valence electrons. The highest BCUT2D eigenvalue weighted by Gasteiger charge is 2.51. The molecule has 0 bridgehead atoms. The third kappa shape index (κ3) is 3.38. The summed E-state index contributed by atoms with van der Waals surface area (Å²) >= 11 is 0. The molecule has 2 N–H and O–H groups in total. The minimum atomic E-state index is -2.68. The summed E-state index contributed by atoms with van der Waals surface area (Å²) in [6, 6.07) is 20.4. The van der Waals surface area contributed by atoms with Crippen LogP contribution in [-0.2, 0) is 9.22 Å². The van der Waals surface area contributed by atoms with Crippen molar-refractivity contribution >= 4 is 24.6 Å². The molecule has 1 atom stereocenters. The summed E-state index contributed by atoms with van der Waals surface area (Å²) in [4.78, 5) is 11.7. The average Bonchev–Trinajstić information content (AvgIpc) is 2.52. The second-order valence-corrected chi connectivity index (χ2v) is 11.1. The van der Waals surface area contributed by atoms with Gasteiger partial charge in [0.1, 0.15) is 6.10 Å². The van der Waals surface area contributed by atoms with Crippen LogP contribution in [0.25, 0.3) is 0 Å². The van der Waals surface area contributed by atoms with Crippen molar-refractivity contribution in [2.24, 2.45) is 5.73 Å². The van der Waals surface area contributed by atoms with Gasteiger partial charge in [-0.3, -0.25) is 4.79 Å². The van der Waals surface area contributed by atoms with Crippen LogP contribution in [0.3, 0.4) is 0 Å². The van der Waals surface area contributed by atoms with Gasteiger partial charge in [-0.2, -0.15) is 0 Å². The molecule has 0 fully saturated rings. The molecule has 4 heteroatoms. The van der Waals surface area contributed by atoms with Crippen LogP contribution >= 0.6 is 0 Å². The van der Waals surface area contributed by atoms with E-state index in [0.29, 0.717) is 0 Å². The number of rotatable bonds is 5. The number of benzene rings is 2. The standard InChI is InChI=1S/C19H25NO2Si/c1-15(18(20)21)22-23(19(2,3)4,16-11-7-5-8-12-16)17-13-9-6-10-14-17/h5-15H,1-4H3,(H2,20,21). The smallest absolute Gasteiger partial charge is 0.262 e. The van der Waals surface area contributed by atoms with E-state index in [0.717, 1.165) is 10.4 Å². The lowest BCUT2D eigenvalue weighted by Gasteiger charge is -2.44. The molecule has 2 aromatic carbocycles. The normalized spacial score (nSPS) is 13.6. The van der Waals surface area contributed by atoms with Crippen LogP contribution in [0.1, 0.15) is 27.7 Å². The molecule has 0 aliphatic carbocycles. The minimum Gasteiger partial charge on any atom is -0.396 e. The van der Waals surface area contributed by atoms with Gasteiger partial charge in [-0.05, 0) is 22.3 Å². The monoisotopic (exact) mass is 327 g/mol. The van der Waals surface area contributed by atoms with E-state index in [-0.39, 0.29) is 5.04 Å². The Hall–Kier alpha value is -1.91. The summed E-state index contributed by atoms with van der Waals surface area (Å²) in [5.41, 5.74) is 5.50. The molecule has 2 rings (SSSR count). The summed E-state index contributed by atoms with van der Waals surface area (Å²) in [5, 5.41) is 2.14. The summed E-state index contributed by atoms with van der Waals surface area (Å²) in [6.07, 6.45) is -0.638. The first-order valence-corrected chi connectivity index (χ1v) is 9.78. The third-order valence-electron chi connectivity index (χ3n) is 4.17. The topological polar surface area (TPSA) is 52.3 Å². The van der Waals surface area contributed by atoms with Crippen LogP contribution in [-0.4, -0.2) is 20.3 Å². The second-order valence-electron chi connectivity index (χ2n) is 6.83. The minimum absolute atomic E-state index is 0.153. The lowest BCUT2D eigenvalue weighted by atomic mass is 10.2. The van der Waals surface area contributed by atoms with Gasteiger partial charge in [0, 0.05) is 0 Å². The third-order valence-corrected chi connectivity index (χ3v) is 9.28. The van der Waals surface area contributed by atoms with Crippen molar-refractivity contribution in [2.75, 3.05) is 0 Å². The SMILES string of the molecule is CC(O[Si](c1ccccc1)(c1ccccc1)C(C)(C)C)C(N)=O. The van der Waals surface area contributed by atoms with Gasteiger partial charge >= 0.3 is 0 Å².